The summed E-state index contributed by atoms with van der Waals surface area (Å²) in [6.07, 6.45) is 0.556. The van der Waals surface area contributed by atoms with Crippen molar-refractivity contribution in [3.63, 3.8) is 0 Å². The molecule has 0 unspecified atom stereocenters. The maximum atomic E-state index is 13.1. The van der Waals surface area contributed by atoms with Gasteiger partial charge in [0.1, 0.15) is 5.75 Å². The van der Waals surface area contributed by atoms with Crippen LogP contribution in [0.15, 0.2) is 71.6 Å². The molecular weight excluding hydrogens is 400 g/mol. The van der Waals surface area contributed by atoms with Crippen molar-refractivity contribution in [3.05, 3.63) is 83.4 Å². The molecular formula is C23H22N2O4S. The first-order chi connectivity index (χ1) is 14.4. The van der Waals surface area contributed by atoms with E-state index in [0.717, 1.165) is 11.1 Å². The van der Waals surface area contributed by atoms with E-state index in [9.17, 15) is 13.2 Å². The minimum Gasteiger partial charge on any atom is -0.497 e. The molecule has 0 aliphatic carbocycles. The van der Waals surface area contributed by atoms with E-state index in [0.29, 0.717) is 35.7 Å². The standard InChI is InChI=1S/C23H22N2O4S/c1-16-6-9-21(10-7-16)30(27,28)25-13-12-17-14-18(8-11-22(17)25)23(26)24-19-4-3-5-20(15-19)29-2/h3-11,14-15H,12-13H2,1-2H3,(H,24,26). The van der Waals surface area contributed by atoms with Gasteiger partial charge in [-0.25, -0.2) is 8.42 Å². The lowest BCUT2D eigenvalue weighted by Gasteiger charge is -2.20. The van der Waals surface area contributed by atoms with Gasteiger partial charge in [-0.15, -0.1) is 0 Å². The van der Waals surface area contributed by atoms with Gasteiger partial charge in [0.15, 0.2) is 0 Å². The van der Waals surface area contributed by atoms with Gasteiger partial charge in [0, 0.05) is 23.9 Å². The minimum atomic E-state index is -3.64. The maximum Gasteiger partial charge on any atom is 0.264 e. The van der Waals surface area contributed by atoms with Gasteiger partial charge >= 0.3 is 0 Å². The number of fused-ring (bicyclic) bond motifs is 1. The molecule has 0 spiro atoms. The van der Waals surface area contributed by atoms with E-state index in [-0.39, 0.29) is 10.8 Å². The molecule has 0 radical (unpaired) electrons. The van der Waals surface area contributed by atoms with Crippen molar-refractivity contribution in [1.82, 2.24) is 0 Å². The highest BCUT2D eigenvalue weighted by molar-refractivity contribution is 7.92. The van der Waals surface area contributed by atoms with Crippen LogP contribution in [0.25, 0.3) is 0 Å². The lowest BCUT2D eigenvalue weighted by Crippen LogP contribution is -2.29. The fraction of sp³-hybridized carbons (Fsp3) is 0.174. The van der Waals surface area contributed by atoms with Gasteiger partial charge in [-0.1, -0.05) is 23.8 Å². The highest BCUT2D eigenvalue weighted by atomic mass is 32.2. The van der Waals surface area contributed by atoms with Crippen LogP contribution in [0, 0.1) is 6.92 Å². The molecule has 154 valence electrons. The largest absolute Gasteiger partial charge is 0.497 e. The Labute approximate surface area is 176 Å². The summed E-state index contributed by atoms with van der Waals surface area (Å²) in [5.41, 5.74) is 3.56. The van der Waals surface area contributed by atoms with E-state index < -0.39 is 10.0 Å². The Morgan fingerprint density at radius 1 is 1.03 bits per heavy atom. The summed E-state index contributed by atoms with van der Waals surface area (Å²) in [6, 6.07) is 19.0. The normalized spacial score (nSPS) is 13.1. The average Bonchev–Trinajstić information content (AvgIpc) is 3.18. The molecule has 3 aromatic rings. The summed E-state index contributed by atoms with van der Waals surface area (Å²) in [7, 11) is -2.07. The molecule has 30 heavy (non-hydrogen) atoms. The Morgan fingerprint density at radius 3 is 2.53 bits per heavy atom. The highest BCUT2D eigenvalue weighted by Crippen LogP contribution is 2.34. The number of nitrogens with one attached hydrogen (secondary N) is 1. The first-order valence-electron chi connectivity index (χ1n) is 9.56. The number of rotatable bonds is 5. The molecule has 0 atom stereocenters. The lowest BCUT2D eigenvalue weighted by molar-refractivity contribution is 0.102. The number of amides is 1. The van der Waals surface area contributed by atoms with Crippen LogP contribution in [0.4, 0.5) is 11.4 Å². The summed E-state index contributed by atoms with van der Waals surface area (Å²) in [5.74, 6) is 0.393. The third kappa shape index (κ3) is 3.76. The molecule has 1 N–H and O–H groups in total. The van der Waals surface area contributed by atoms with Crippen molar-refractivity contribution >= 4 is 27.3 Å². The number of ether oxygens (including phenoxy) is 1. The van der Waals surface area contributed by atoms with Gasteiger partial charge in [-0.3, -0.25) is 9.10 Å². The number of benzene rings is 3. The third-order valence-corrected chi connectivity index (χ3v) is 6.96. The van der Waals surface area contributed by atoms with Gasteiger partial charge in [-0.05, 0) is 61.4 Å². The molecule has 6 nitrogen and oxygen atoms in total. The molecule has 4 rings (SSSR count). The Balaban J connectivity index is 1.57. The SMILES string of the molecule is COc1cccc(NC(=O)c2ccc3c(c2)CCN3S(=O)(=O)c2ccc(C)cc2)c1. The molecule has 0 aromatic heterocycles. The van der Waals surface area contributed by atoms with Gasteiger partial charge < -0.3 is 10.1 Å². The van der Waals surface area contributed by atoms with Crippen LogP contribution in [0.2, 0.25) is 0 Å². The van der Waals surface area contributed by atoms with Crippen LogP contribution in [-0.4, -0.2) is 28.0 Å². The number of methoxy groups -OCH3 is 1. The van der Waals surface area contributed by atoms with E-state index in [1.54, 1.807) is 73.8 Å². The van der Waals surface area contributed by atoms with Gasteiger partial charge in [0.05, 0.1) is 17.7 Å². The number of hydrogen-bond acceptors (Lipinski definition) is 4. The van der Waals surface area contributed by atoms with Gasteiger partial charge in [0.2, 0.25) is 0 Å². The molecule has 1 aliphatic rings. The highest BCUT2D eigenvalue weighted by Gasteiger charge is 2.31. The van der Waals surface area contributed by atoms with Crippen LogP contribution in [0.5, 0.6) is 5.75 Å². The van der Waals surface area contributed by atoms with Crippen molar-refractivity contribution in [2.75, 3.05) is 23.3 Å². The molecule has 0 bridgehead atoms. The predicted octanol–water partition coefficient (Wildman–Crippen LogP) is 4.01. The van der Waals surface area contributed by atoms with Crippen LogP contribution in [-0.2, 0) is 16.4 Å². The molecule has 0 saturated carbocycles. The second-order valence-corrected chi connectivity index (χ2v) is 9.03. The number of carbonyl (C=O) groups is 1. The topological polar surface area (TPSA) is 75.7 Å². The molecule has 0 saturated heterocycles. The smallest absolute Gasteiger partial charge is 0.264 e. The number of aryl methyl sites for hydroxylation is 1. The van der Waals surface area contributed by atoms with Gasteiger partial charge in [0.25, 0.3) is 15.9 Å². The molecule has 1 heterocycles. The summed E-state index contributed by atoms with van der Waals surface area (Å²) in [4.78, 5) is 12.9. The second kappa shape index (κ2) is 7.84. The first-order valence-corrected chi connectivity index (χ1v) is 11.0. The Hall–Kier alpha value is -3.32. The zero-order chi connectivity index (χ0) is 21.3. The number of sulfonamides is 1. The van der Waals surface area contributed by atoms with Crippen LogP contribution < -0.4 is 14.4 Å². The number of carbonyl (C=O) groups excluding carboxylic acids is 1. The Bertz CT molecular complexity index is 1200. The van der Waals surface area contributed by atoms with Crippen molar-refractivity contribution < 1.29 is 17.9 Å². The zero-order valence-electron chi connectivity index (χ0n) is 16.8. The second-order valence-electron chi connectivity index (χ2n) is 7.17. The first kappa shape index (κ1) is 20.0. The Morgan fingerprint density at radius 2 is 1.80 bits per heavy atom. The lowest BCUT2D eigenvalue weighted by atomic mass is 10.1. The van der Waals surface area contributed by atoms with Crippen molar-refractivity contribution in [1.29, 1.82) is 0 Å². The van der Waals surface area contributed by atoms with E-state index in [2.05, 4.69) is 5.32 Å². The summed E-state index contributed by atoms with van der Waals surface area (Å²) in [5, 5.41) is 2.85. The van der Waals surface area contributed by atoms with E-state index in [4.69, 9.17) is 4.74 Å². The Kier molecular flexibility index (Phi) is 5.22. The third-order valence-electron chi connectivity index (χ3n) is 5.13. The number of nitrogens with zero attached hydrogens (tertiary/aromatic N) is 1. The molecule has 3 aromatic carbocycles. The number of hydrogen-bond donors (Lipinski definition) is 1. The monoisotopic (exact) mass is 422 g/mol. The van der Waals surface area contributed by atoms with E-state index >= 15 is 0 Å². The minimum absolute atomic E-state index is 0.258. The average molecular weight is 423 g/mol. The summed E-state index contributed by atoms with van der Waals surface area (Å²) >= 11 is 0. The quantitative estimate of drug-likeness (QED) is 0.674. The van der Waals surface area contributed by atoms with Crippen molar-refractivity contribution in [3.8, 4) is 5.75 Å². The fourth-order valence-corrected chi connectivity index (χ4v) is 5.01. The molecule has 0 fully saturated rings. The predicted molar refractivity (Wildman–Crippen MR) is 117 cm³/mol. The van der Waals surface area contributed by atoms with Crippen LogP contribution in [0.1, 0.15) is 21.5 Å². The van der Waals surface area contributed by atoms with E-state index in [1.165, 1.54) is 4.31 Å². The summed E-state index contributed by atoms with van der Waals surface area (Å²) < 4.78 is 32.7. The van der Waals surface area contributed by atoms with Crippen LogP contribution >= 0.6 is 0 Å². The number of anilines is 2. The van der Waals surface area contributed by atoms with Crippen LogP contribution in [0.3, 0.4) is 0 Å². The van der Waals surface area contributed by atoms with Gasteiger partial charge in [-0.2, -0.15) is 0 Å². The maximum absolute atomic E-state index is 13.1. The van der Waals surface area contributed by atoms with Crippen molar-refractivity contribution in [2.45, 2.75) is 18.2 Å². The summed E-state index contributed by atoms with van der Waals surface area (Å²) in [6.45, 7) is 2.27. The fourth-order valence-electron chi connectivity index (χ4n) is 3.50. The molecule has 1 amide bonds. The zero-order valence-corrected chi connectivity index (χ0v) is 17.6. The van der Waals surface area contributed by atoms with Crippen molar-refractivity contribution in [2.24, 2.45) is 0 Å². The van der Waals surface area contributed by atoms with E-state index in [1.807, 2.05) is 6.92 Å². The molecule has 1 aliphatic heterocycles. The molecule has 7 heteroatoms.